The molecule has 0 heterocycles. The Hall–Kier alpha value is -0.0500. The predicted molar refractivity (Wildman–Crippen MR) is 91.3 cm³/mol. The van der Waals surface area contributed by atoms with Crippen molar-refractivity contribution in [3.8, 4) is 0 Å². The Labute approximate surface area is 136 Å². The molecule has 112 valence electrons. The second kappa shape index (κ2) is 7.82. The molecule has 1 N–H and O–H groups in total. The molecule has 0 radical (unpaired) electrons. The lowest BCUT2D eigenvalue weighted by atomic mass is 9.72. The van der Waals surface area contributed by atoms with Crippen LogP contribution in [-0.4, -0.2) is 6.54 Å². The van der Waals surface area contributed by atoms with Crippen molar-refractivity contribution in [2.75, 3.05) is 6.54 Å². The number of nitrogens with one attached hydrogen (secondary N) is 1. The molecular formula is C17H25BrClN. The molecule has 1 aromatic rings. The van der Waals surface area contributed by atoms with Crippen LogP contribution in [0.4, 0.5) is 0 Å². The second-order valence-electron chi connectivity index (χ2n) is 5.82. The maximum absolute atomic E-state index is 6.50. The summed E-state index contributed by atoms with van der Waals surface area (Å²) < 4.78 is 1.05. The van der Waals surface area contributed by atoms with Crippen LogP contribution >= 0.6 is 27.5 Å². The molecule has 3 heteroatoms. The van der Waals surface area contributed by atoms with Gasteiger partial charge in [0, 0.05) is 15.5 Å². The van der Waals surface area contributed by atoms with Gasteiger partial charge in [0.15, 0.2) is 0 Å². The van der Waals surface area contributed by atoms with Gasteiger partial charge >= 0.3 is 0 Å². The molecule has 1 aliphatic carbocycles. The van der Waals surface area contributed by atoms with Gasteiger partial charge in [-0.05, 0) is 42.5 Å². The quantitative estimate of drug-likeness (QED) is 0.683. The summed E-state index contributed by atoms with van der Waals surface area (Å²) in [6.45, 7) is 5.50. The lowest BCUT2D eigenvalue weighted by Gasteiger charge is -2.38. The highest BCUT2D eigenvalue weighted by Gasteiger charge is 2.32. The Balaban J connectivity index is 2.29. The molecule has 0 spiro atoms. The van der Waals surface area contributed by atoms with Gasteiger partial charge in [0.2, 0.25) is 0 Å². The molecule has 2 rings (SSSR count). The van der Waals surface area contributed by atoms with Crippen LogP contribution in [0.5, 0.6) is 0 Å². The summed E-state index contributed by atoms with van der Waals surface area (Å²) in [5.74, 6) is 1.54. The third kappa shape index (κ3) is 3.78. The smallest absolute Gasteiger partial charge is 0.0465 e. The van der Waals surface area contributed by atoms with Gasteiger partial charge in [0.05, 0.1) is 0 Å². The molecule has 1 nitrogen and oxygen atoms in total. The summed E-state index contributed by atoms with van der Waals surface area (Å²) >= 11 is 10.0. The molecule has 1 aromatic carbocycles. The van der Waals surface area contributed by atoms with E-state index in [9.17, 15) is 0 Å². The van der Waals surface area contributed by atoms with Gasteiger partial charge in [-0.1, -0.05) is 73.1 Å². The molecule has 0 amide bonds. The van der Waals surface area contributed by atoms with Crippen LogP contribution in [0, 0.1) is 11.8 Å². The third-order valence-electron chi connectivity index (χ3n) is 4.64. The number of hydrogen-bond donors (Lipinski definition) is 1. The van der Waals surface area contributed by atoms with E-state index in [4.69, 9.17) is 11.6 Å². The highest BCUT2D eigenvalue weighted by Crippen LogP contribution is 2.42. The van der Waals surface area contributed by atoms with Gasteiger partial charge in [0.1, 0.15) is 0 Å². The van der Waals surface area contributed by atoms with E-state index >= 15 is 0 Å². The van der Waals surface area contributed by atoms with Gasteiger partial charge in [0.25, 0.3) is 0 Å². The first-order valence-electron chi connectivity index (χ1n) is 7.85. The van der Waals surface area contributed by atoms with E-state index in [0.29, 0.717) is 12.0 Å². The Morgan fingerprint density at radius 3 is 2.70 bits per heavy atom. The largest absolute Gasteiger partial charge is 0.310 e. The maximum Gasteiger partial charge on any atom is 0.0465 e. The van der Waals surface area contributed by atoms with E-state index < -0.39 is 0 Å². The van der Waals surface area contributed by atoms with Crippen LogP contribution in [0.3, 0.4) is 0 Å². The summed E-state index contributed by atoms with van der Waals surface area (Å²) in [7, 11) is 0. The monoisotopic (exact) mass is 357 g/mol. The van der Waals surface area contributed by atoms with E-state index in [2.05, 4.69) is 47.2 Å². The van der Waals surface area contributed by atoms with E-state index in [1.54, 1.807) is 0 Å². The number of halogens is 2. The highest BCUT2D eigenvalue weighted by atomic mass is 79.9. The minimum Gasteiger partial charge on any atom is -0.310 e. The van der Waals surface area contributed by atoms with Gasteiger partial charge < -0.3 is 5.32 Å². The normalized spacial score (nSPS) is 24.6. The summed E-state index contributed by atoms with van der Waals surface area (Å²) in [6.07, 6.45) is 6.72. The Morgan fingerprint density at radius 1 is 1.30 bits per heavy atom. The molecule has 3 unspecified atom stereocenters. The molecular weight excluding hydrogens is 334 g/mol. The van der Waals surface area contributed by atoms with Crippen molar-refractivity contribution in [3.05, 3.63) is 33.3 Å². The van der Waals surface area contributed by atoms with Crippen molar-refractivity contribution in [2.45, 2.75) is 52.0 Å². The van der Waals surface area contributed by atoms with E-state index in [0.717, 1.165) is 22.0 Å². The number of hydrogen-bond acceptors (Lipinski definition) is 1. The van der Waals surface area contributed by atoms with Gasteiger partial charge in [-0.15, -0.1) is 0 Å². The molecule has 1 fully saturated rings. The van der Waals surface area contributed by atoms with Crippen LogP contribution in [0.15, 0.2) is 22.7 Å². The van der Waals surface area contributed by atoms with Crippen molar-refractivity contribution in [2.24, 2.45) is 11.8 Å². The molecule has 20 heavy (non-hydrogen) atoms. The van der Waals surface area contributed by atoms with Crippen molar-refractivity contribution in [3.63, 3.8) is 0 Å². The van der Waals surface area contributed by atoms with Crippen molar-refractivity contribution in [1.29, 1.82) is 0 Å². The molecule has 0 saturated heterocycles. The van der Waals surface area contributed by atoms with Gasteiger partial charge in [-0.3, -0.25) is 0 Å². The molecule has 0 bridgehead atoms. The lowest BCUT2D eigenvalue weighted by molar-refractivity contribution is 0.177. The Morgan fingerprint density at radius 2 is 2.05 bits per heavy atom. The number of benzene rings is 1. The first-order valence-corrected chi connectivity index (χ1v) is 9.02. The van der Waals surface area contributed by atoms with Crippen molar-refractivity contribution >= 4 is 27.5 Å². The zero-order chi connectivity index (χ0) is 14.5. The minimum absolute atomic E-state index is 0.394. The Kier molecular flexibility index (Phi) is 6.38. The molecule has 0 aliphatic heterocycles. The zero-order valence-corrected chi connectivity index (χ0v) is 14.8. The molecule has 1 saturated carbocycles. The van der Waals surface area contributed by atoms with Gasteiger partial charge in [-0.2, -0.15) is 0 Å². The standard InChI is InChI=1S/C17H25BrClN/c1-3-12-7-5-6-8-14(12)17(20-4-2)15-10-9-13(18)11-16(15)19/h9-12,14,17,20H,3-8H2,1-2H3. The first-order chi connectivity index (χ1) is 9.67. The summed E-state index contributed by atoms with van der Waals surface area (Å²) in [6, 6.07) is 6.70. The predicted octanol–water partition coefficient (Wildman–Crippen LogP) is 5.97. The minimum atomic E-state index is 0.394. The average molecular weight is 359 g/mol. The fourth-order valence-electron chi connectivity index (χ4n) is 3.65. The fraction of sp³-hybridized carbons (Fsp3) is 0.647. The van der Waals surface area contributed by atoms with Crippen LogP contribution in [0.25, 0.3) is 0 Å². The lowest BCUT2D eigenvalue weighted by Crippen LogP contribution is -2.34. The first kappa shape index (κ1) is 16.3. The van der Waals surface area contributed by atoms with Crippen LogP contribution in [0.2, 0.25) is 5.02 Å². The summed E-state index contributed by atoms with van der Waals surface area (Å²) in [5.41, 5.74) is 1.27. The number of rotatable bonds is 5. The van der Waals surface area contributed by atoms with E-state index in [1.165, 1.54) is 37.7 Å². The van der Waals surface area contributed by atoms with Crippen molar-refractivity contribution < 1.29 is 0 Å². The van der Waals surface area contributed by atoms with E-state index in [-0.39, 0.29) is 0 Å². The molecule has 1 aliphatic rings. The SMILES string of the molecule is CCNC(c1ccc(Br)cc1Cl)C1CCCCC1CC. The second-order valence-corrected chi connectivity index (χ2v) is 7.14. The zero-order valence-electron chi connectivity index (χ0n) is 12.5. The maximum atomic E-state index is 6.50. The average Bonchev–Trinajstić information content (AvgIpc) is 2.45. The third-order valence-corrected chi connectivity index (χ3v) is 5.46. The molecule has 0 aromatic heterocycles. The van der Waals surface area contributed by atoms with Crippen LogP contribution < -0.4 is 5.32 Å². The van der Waals surface area contributed by atoms with E-state index in [1.807, 2.05) is 6.07 Å². The Bertz CT molecular complexity index is 435. The topological polar surface area (TPSA) is 12.0 Å². The summed E-state index contributed by atoms with van der Waals surface area (Å²) in [4.78, 5) is 0. The fourth-order valence-corrected chi connectivity index (χ4v) is 4.44. The van der Waals surface area contributed by atoms with Crippen LogP contribution in [-0.2, 0) is 0 Å². The molecule has 3 atom stereocenters. The van der Waals surface area contributed by atoms with Crippen LogP contribution in [0.1, 0.15) is 57.6 Å². The van der Waals surface area contributed by atoms with Gasteiger partial charge in [-0.25, -0.2) is 0 Å². The highest BCUT2D eigenvalue weighted by molar-refractivity contribution is 9.10. The summed E-state index contributed by atoms with van der Waals surface area (Å²) in [5, 5.41) is 4.57. The van der Waals surface area contributed by atoms with Crippen molar-refractivity contribution in [1.82, 2.24) is 5.32 Å².